The highest BCUT2D eigenvalue weighted by Crippen LogP contribution is 2.26. The summed E-state index contributed by atoms with van der Waals surface area (Å²) in [5.74, 6) is -0.353. The van der Waals surface area contributed by atoms with Gasteiger partial charge in [0.15, 0.2) is 0 Å². The molecule has 2 aromatic rings. The molecule has 0 amide bonds. The minimum atomic E-state index is -3.97. The number of carbonyl (C=O) groups is 1. The van der Waals surface area contributed by atoms with Crippen LogP contribution in [0.25, 0.3) is 0 Å². The number of nitrogens with zero attached hydrogens (tertiary/aromatic N) is 2. The lowest BCUT2D eigenvalue weighted by atomic mass is 10.0. The number of rotatable bonds is 8. The molecule has 2 rings (SSSR count). The van der Waals surface area contributed by atoms with Crippen molar-refractivity contribution in [3.8, 4) is 5.75 Å². The molecule has 0 fully saturated rings. The zero-order chi connectivity index (χ0) is 20.0. The molecule has 1 atom stereocenters. The maximum Gasteiger partial charge on any atom is 0.324 e. The Morgan fingerprint density at radius 2 is 1.79 bits per heavy atom. The van der Waals surface area contributed by atoms with E-state index in [1.165, 1.54) is 30.7 Å². The van der Waals surface area contributed by atoms with Crippen LogP contribution in [0.2, 0.25) is 0 Å². The summed E-state index contributed by atoms with van der Waals surface area (Å²) >= 11 is 0. The quantitative estimate of drug-likeness (QED) is 0.601. The first-order valence-electron chi connectivity index (χ1n) is 8.44. The van der Waals surface area contributed by atoms with E-state index in [-0.39, 0.29) is 29.8 Å². The number of benzene rings is 1. The van der Waals surface area contributed by atoms with Gasteiger partial charge in [0.1, 0.15) is 11.8 Å². The first-order chi connectivity index (χ1) is 12.8. The number of hydrogen-bond donors (Lipinski definition) is 0. The lowest BCUT2D eigenvalue weighted by Gasteiger charge is -2.31. The Balaban J connectivity index is 0.00000392. The normalized spacial score (nSPS) is 12.4. The Labute approximate surface area is 172 Å². The molecule has 1 aromatic carbocycles. The SMILES string of the molecule is COC(=O)C(C(C)C)N(Cc1cccnc1)S(=O)(=O)c1ccc(OC)cc1.Cl. The van der Waals surface area contributed by atoms with Crippen molar-refractivity contribution in [3.63, 3.8) is 0 Å². The largest absolute Gasteiger partial charge is 0.497 e. The van der Waals surface area contributed by atoms with Gasteiger partial charge in [-0.3, -0.25) is 9.78 Å². The summed E-state index contributed by atoms with van der Waals surface area (Å²) in [5, 5.41) is 0. The summed E-state index contributed by atoms with van der Waals surface area (Å²) in [7, 11) is -1.22. The molecule has 0 saturated heterocycles. The minimum Gasteiger partial charge on any atom is -0.497 e. The minimum absolute atomic E-state index is 0. The maximum absolute atomic E-state index is 13.4. The van der Waals surface area contributed by atoms with E-state index in [0.29, 0.717) is 11.3 Å². The fourth-order valence-corrected chi connectivity index (χ4v) is 4.43. The first kappa shape index (κ1) is 23.9. The van der Waals surface area contributed by atoms with Crippen LogP contribution in [0.4, 0.5) is 0 Å². The zero-order valence-corrected chi connectivity index (χ0v) is 17.9. The first-order valence-corrected chi connectivity index (χ1v) is 9.88. The number of carbonyl (C=O) groups excluding carboxylic acids is 1. The standard InChI is InChI=1S/C19H24N2O5S.ClH/c1-14(2)18(19(22)26-4)21(13-15-6-5-11-20-12-15)27(23,24)17-9-7-16(25-3)8-10-17;/h5-12,14,18H,13H2,1-4H3;1H. The predicted molar refractivity (Wildman–Crippen MR) is 108 cm³/mol. The number of sulfonamides is 1. The lowest BCUT2D eigenvalue weighted by molar-refractivity contribution is -0.146. The van der Waals surface area contributed by atoms with Crippen LogP contribution in [0.1, 0.15) is 19.4 Å². The summed E-state index contributed by atoms with van der Waals surface area (Å²) in [6.45, 7) is 3.56. The van der Waals surface area contributed by atoms with Crippen molar-refractivity contribution in [2.75, 3.05) is 14.2 Å². The van der Waals surface area contributed by atoms with E-state index in [0.717, 1.165) is 0 Å². The van der Waals surface area contributed by atoms with Gasteiger partial charge in [-0.15, -0.1) is 12.4 Å². The third-order valence-electron chi connectivity index (χ3n) is 4.11. The van der Waals surface area contributed by atoms with Gasteiger partial charge in [-0.25, -0.2) is 8.42 Å². The van der Waals surface area contributed by atoms with Gasteiger partial charge in [0.05, 0.1) is 19.1 Å². The second-order valence-corrected chi connectivity index (χ2v) is 8.19. The van der Waals surface area contributed by atoms with Gasteiger partial charge < -0.3 is 9.47 Å². The van der Waals surface area contributed by atoms with Gasteiger partial charge in [0.2, 0.25) is 10.0 Å². The topological polar surface area (TPSA) is 85.8 Å². The molecule has 0 spiro atoms. The third-order valence-corrected chi connectivity index (χ3v) is 5.95. The average Bonchev–Trinajstić information content (AvgIpc) is 2.67. The molecule has 0 aliphatic carbocycles. The van der Waals surface area contributed by atoms with Crippen LogP contribution in [0.3, 0.4) is 0 Å². The maximum atomic E-state index is 13.4. The Kier molecular flexibility index (Phi) is 8.87. The van der Waals surface area contributed by atoms with Gasteiger partial charge >= 0.3 is 5.97 Å². The molecule has 7 nitrogen and oxygen atoms in total. The van der Waals surface area contributed by atoms with Crippen LogP contribution >= 0.6 is 12.4 Å². The molecular formula is C19H25ClN2O5S. The number of methoxy groups -OCH3 is 2. The zero-order valence-electron chi connectivity index (χ0n) is 16.2. The van der Waals surface area contributed by atoms with E-state index >= 15 is 0 Å². The van der Waals surface area contributed by atoms with E-state index in [1.807, 2.05) is 0 Å². The van der Waals surface area contributed by atoms with Crippen molar-refractivity contribution in [3.05, 3.63) is 54.4 Å². The molecule has 0 aliphatic heterocycles. The van der Waals surface area contributed by atoms with Crippen molar-refractivity contribution in [2.45, 2.75) is 31.3 Å². The van der Waals surface area contributed by atoms with Crippen molar-refractivity contribution in [1.82, 2.24) is 9.29 Å². The van der Waals surface area contributed by atoms with E-state index < -0.39 is 22.0 Å². The Morgan fingerprint density at radius 1 is 1.14 bits per heavy atom. The summed E-state index contributed by atoms with van der Waals surface area (Å²) in [5.41, 5.74) is 0.670. The fourth-order valence-electron chi connectivity index (χ4n) is 2.73. The number of ether oxygens (including phenoxy) is 2. The van der Waals surface area contributed by atoms with Crippen LogP contribution in [0.15, 0.2) is 53.7 Å². The second kappa shape index (κ2) is 10.4. The third kappa shape index (κ3) is 5.43. The Bertz CT molecular complexity index is 858. The predicted octanol–water partition coefficient (Wildman–Crippen LogP) is 2.90. The smallest absolute Gasteiger partial charge is 0.324 e. The van der Waals surface area contributed by atoms with Crippen LogP contribution in [0, 0.1) is 5.92 Å². The van der Waals surface area contributed by atoms with Crippen LogP contribution in [0.5, 0.6) is 5.75 Å². The van der Waals surface area contributed by atoms with Gasteiger partial charge in [-0.1, -0.05) is 19.9 Å². The van der Waals surface area contributed by atoms with E-state index in [4.69, 9.17) is 9.47 Å². The average molecular weight is 429 g/mol. The van der Waals surface area contributed by atoms with Crippen molar-refractivity contribution in [2.24, 2.45) is 5.92 Å². The number of halogens is 1. The molecular weight excluding hydrogens is 404 g/mol. The van der Waals surface area contributed by atoms with Crippen LogP contribution in [-0.4, -0.2) is 43.9 Å². The highest BCUT2D eigenvalue weighted by Gasteiger charge is 2.38. The Hall–Kier alpha value is -2.16. The van der Waals surface area contributed by atoms with Crippen molar-refractivity contribution >= 4 is 28.4 Å². The molecule has 0 aliphatic rings. The van der Waals surface area contributed by atoms with Gasteiger partial charge in [-0.2, -0.15) is 4.31 Å². The van der Waals surface area contributed by atoms with Gasteiger partial charge in [0, 0.05) is 18.9 Å². The highest BCUT2D eigenvalue weighted by atomic mass is 35.5. The van der Waals surface area contributed by atoms with Crippen molar-refractivity contribution in [1.29, 1.82) is 0 Å². The van der Waals surface area contributed by atoms with E-state index in [9.17, 15) is 13.2 Å². The van der Waals surface area contributed by atoms with Gasteiger partial charge in [0.25, 0.3) is 0 Å². The molecule has 0 saturated carbocycles. The summed E-state index contributed by atoms with van der Waals surface area (Å²) < 4.78 is 37.9. The number of pyridine rings is 1. The van der Waals surface area contributed by atoms with Crippen LogP contribution in [-0.2, 0) is 26.1 Å². The molecule has 9 heteroatoms. The summed E-state index contributed by atoms with van der Waals surface area (Å²) in [6, 6.07) is 8.56. The van der Waals surface area contributed by atoms with Crippen LogP contribution < -0.4 is 4.74 Å². The number of aromatic nitrogens is 1. The number of hydrogen-bond acceptors (Lipinski definition) is 6. The highest BCUT2D eigenvalue weighted by molar-refractivity contribution is 7.89. The lowest BCUT2D eigenvalue weighted by Crippen LogP contribution is -2.48. The monoisotopic (exact) mass is 428 g/mol. The summed E-state index contributed by atoms with van der Waals surface area (Å²) in [4.78, 5) is 16.5. The van der Waals surface area contributed by atoms with E-state index in [1.54, 1.807) is 50.5 Å². The fraction of sp³-hybridized carbons (Fsp3) is 0.368. The summed E-state index contributed by atoms with van der Waals surface area (Å²) in [6.07, 6.45) is 3.18. The molecule has 0 bridgehead atoms. The molecule has 28 heavy (non-hydrogen) atoms. The molecule has 1 unspecified atom stereocenters. The molecule has 0 N–H and O–H groups in total. The Morgan fingerprint density at radius 3 is 2.25 bits per heavy atom. The molecule has 154 valence electrons. The second-order valence-electron chi connectivity index (χ2n) is 6.30. The molecule has 1 aromatic heterocycles. The van der Waals surface area contributed by atoms with Crippen molar-refractivity contribution < 1.29 is 22.7 Å². The van der Waals surface area contributed by atoms with E-state index in [2.05, 4.69) is 4.98 Å². The molecule has 0 radical (unpaired) electrons. The number of esters is 1. The van der Waals surface area contributed by atoms with Gasteiger partial charge in [-0.05, 0) is 41.8 Å². The molecule has 1 heterocycles.